The second-order valence-electron chi connectivity index (χ2n) is 6.78. The number of piperidine rings is 1. The van der Waals surface area contributed by atoms with E-state index in [2.05, 4.69) is 6.92 Å². The average Bonchev–Trinajstić information content (AvgIpc) is 2.67. The van der Waals surface area contributed by atoms with Crippen molar-refractivity contribution in [1.29, 1.82) is 0 Å². The van der Waals surface area contributed by atoms with E-state index in [-0.39, 0.29) is 5.91 Å². The first-order valence-electron chi connectivity index (χ1n) is 9.00. The van der Waals surface area contributed by atoms with Gasteiger partial charge in [-0.25, -0.2) is 4.98 Å². The van der Waals surface area contributed by atoms with Crippen molar-refractivity contribution in [1.82, 2.24) is 9.88 Å². The highest BCUT2D eigenvalue weighted by molar-refractivity contribution is 6.07. The monoisotopic (exact) mass is 330 g/mol. The Labute approximate surface area is 148 Å². The van der Waals surface area contributed by atoms with Crippen LogP contribution in [0, 0.1) is 0 Å². The van der Waals surface area contributed by atoms with Gasteiger partial charge in [0.05, 0.1) is 16.8 Å². The fourth-order valence-corrected chi connectivity index (χ4v) is 3.66. The van der Waals surface area contributed by atoms with Crippen molar-refractivity contribution in [3.63, 3.8) is 0 Å². The van der Waals surface area contributed by atoms with Crippen LogP contribution in [0.5, 0.6) is 0 Å². The van der Waals surface area contributed by atoms with Crippen molar-refractivity contribution < 1.29 is 4.79 Å². The van der Waals surface area contributed by atoms with E-state index < -0.39 is 0 Å². The van der Waals surface area contributed by atoms with Gasteiger partial charge in [-0.05, 0) is 38.3 Å². The smallest absolute Gasteiger partial charge is 0.254 e. The fraction of sp³-hybridized carbons (Fsp3) is 0.273. The largest absolute Gasteiger partial charge is 0.336 e. The molecule has 2 heterocycles. The number of amides is 1. The van der Waals surface area contributed by atoms with Crippen LogP contribution >= 0.6 is 0 Å². The van der Waals surface area contributed by atoms with Crippen LogP contribution in [-0.2, 0) is 0 Å². The third-order valence-electron chi connectivity index (χ3n) is 5.08. The van der Waals surface area contributed by atoms with Gasteiger partial charge in [-0.1, -0.05) is 48.5 Å². The molecule has 126 valence electrons. The Morgan fingerprint density at radius 3 is 2.60 bits per heavy atom. The van der Waals surface area contributed by atoms with Crippen molar-refractivity contribution in [2.75, 3.05) is 6.54 Å². The van der Waals surface area contributed by atoms with E-state index in [0.29, 0.717) is 6.04 Å². The number of pyridine rings is 1. The molecule has 0 aliphatic carbocycles. The van der Waals surface area contributed by atoms with Gasteiger partial charge < -0.3 is 4.90 Å². The predicted molar refractivity (Wildman–Crippen MR) is 102 cm³/mol. The molecule has 1 aliphatic rings. The number of likely N-dealkylation sites (tertiary alicyclic amines) is 1. The maximum Gasteiger partial charge on any atom is 0.254 e. The molecule has 2 aromatic carbocycles. The summed E-state index contributed by atoms with van der Waals surface area (Å²) in [6, 6.07) is 20.3. The molecule has 3 nitrogen and oxygen atoms in total. The molecule has 3 heteroatoms. The van der Waals surface area contributed by atoms with Crippen LogP contribution in [0.4, 0.5) is 0 Å². The Morgan fingerprint density at radius 2 is 1.80 bits per heavy atom. The standard InChI is InChI=1S/C22H22N2O/c1-16-9-7-8-14-24(16)22(25)19-15-21(17-10-3-2-4-11-17)23-20-13-6-5-12-18(19)20/h2-6,10-13,15-16H,7-9,14H2,1H3/t16-/m1/s1. The van der Waals surface area contributed by atoms with E-state index >= 15 is 0 Å². The van der Waals surface area contributed by atoms with Crippen LogP contribution in [0.15, 0.2) is 60.7 Å². The number of rotatable bonds is 2. The maximum absolute atomic E-state index is 13.3. The van der Waals surface area contributed by atoms with Gasteiger partial charge in [-0.3, -0.25) is 4.79 Å². The van der Waals surface area contributed by atoms with Crippen molar-refractivity contribution >= 4 is 16.8 Å². The highest BCUT2D eigenvalue weighted by atomic mass is 16.2. The summed E-state index contributed by atoms with van der Waals surface area (Å²) >= 11 is 0. The van der Waals surface area contributed by atoms with Crippen molar-refractivity contribution in [3.8, 4) is 11.3 Å². The van der Waals surface area contributed by atoms with Gasteiger partial charge in [0, 0.05) is 23.5 Å². The van der Waals surface area contributed by atoms with Gasteiger partial charge in [-0.2, -0.15) is 0 Å². The number of nitrogens with zero attached hydrogens (tertiary/aromatic N) is 2. The Hall–Kier alpha value is -2.68. The summed E-state index contributed by atoms with van der Waals surface area (Å²) in [6.07, 6.45) is 3.38. The molecule has 1 aromatic heterocycles. The second kappa shape index (κ2) is 6.67. The van der Waals surface area contributed by atoms with Gasteiger partial charge in [0.2, 0.25) is 0 Å². The van der Waals surface area contributed by atoms with E-state index in [1.165, 1.54) is 6.42 Å². The number of hydrogen-bond donors (Lipinski definition) is 0. The molecule has 0 saturated carbocycles. The topological polar surface area (TPSA) is 33.2 Å². The number of fused-ring (bicyclic) bond motifs is 1. The highest BCUT2D eigenvalue weighted by Crippen LogP contribution is 2.27. The number of carbonyl (C=O) groups is 1. The zero-order valence-electron chi connectivity index (χ0n) is 14.5. The molecule has 0 radical (unpaired) electrons. The van der Waals surface area contributed by atoms with Gasteiger partial charge in [-0.15, -0.1) is 0 Å². The van der Waals surface area contributed by atoms with Crippen molar-refractivity contribution in [2.24, 2.45) is 0 Å². The summed E-state index contributed by atoms with van der Waals surface area (Å²) < 4.78 is 0. The number of benzene rings is 2. The van der Waals surface area contributed by atoms with Gasteiger partial charge in [0.15, 0.2) is 0 Å². The third kappa shape index (κ3) is 3.02. The first-order valence-corrected chi connectivity index (χ1v) is 9.00. The molecular weight excluding hydrogens is 308 g/mol. The van der Waals surface area contributed by atoms with E-state index in [0.717, 1.165) is 47.1 Å². The molecular formula is C22H22N2O. The number of hydrogen-bond acceptors (Lipinski definition) is 2. The minimum Gasteiger partial charge on any atom is -0.336 e. The molecule has 1 saturated heterocycles. The van der Waals surface area contributed by atoms with Crippen LogP contribution in [-0.4, -0.2) is 28.4 Å². The summed E-state index contributed by atoms with van der Waals surface area (Å²) in [5, 5.41) is 0.935. The lowest BCUT2D eigenvalue weighted by molar-refractivity contribution is 0.0637. The Balaban J connectivity index is 1.85. The first kappa shape index (κ1) is 15.8. The minimum absolute atomic E-state index is 0.128. The number of carbonyl (C=O) groups excluding carboxylic acids is 1. The summed E-state index contributed by atoms with van der Waals surface area (Å²) in [6.45, 7) is 3.00. The van der Waals surface area contributed by atoms with Crippen LogP contribution in [0.3, 0.4) is 0 Å². The summed E-state index contributed by atoms with van der Waals surface area (Å²) in [5.41, 5.74) is 3.52. The van der Waals surface area contributed by atoms with Crippen LogP contribution in [0.25, 0.3) is 22.2 Å². The maximum atomic E-state index is 13.3. The molecule has 3 aromatic rings. The van der Waals surface area contributed by atoms with Crippen molar-refractivity contribution in [2.45, 2.75) is 32.2 Å². The molecule has 0 unspecified atom stereocenters. The molecule has 25 heavy (non-hydrogen) atoms. The zero-order valence-corrected chi connectivity index (χ0v) is 14.5. The predicted octanol–water partition coefficient (Wildman–Crippen LogP) is 4.92. The lowest BCUT2D eigenvalue weighted by Gasteiger charge is -2.33. The SMILES string of the molecule is C[C@@H]1CCCCN1C(=O)c1cc(-c2ccccc2)nc2ccccc12. The molecule has 1 aliphatic heterocycles. The normalized spacial score (nSPS) is 17.6. The lowest BCUT2D eigenvalue weighted by atomic mass is 9.99. The second-order valence-corrected chi connectivity index (χ2v) is 6.78. The molecule has 4 rings (SSSR count). The minimum atomic E-state index is 0.128. The number of aromatic nitrogens is 1. The molecule has 1 atom stereocenters. The van der Waals surface area contributed by atoms with E-state index in [1.54, 1.807) is 0 Å². The molecule has 0 bridgehead atoms. The molecule has 1 fully saturated rings. The lowest BCUT2D eigenvalue weighted by Crippen LogP contribution is -2.42. The highest BCUT2D eigenvalue weighted by Gasteiger charge is 2.26. The summed E-state index contributed by atoms with van der Waals surface area (Å²) in [5.74, 6) is 0.128. The first-order chi connectivity index (χ1) is 12.2. The van der Waals surface area contributed by atoms with Crippen LogP contribution < -0.4 is 0 Å². The van der Waals surface area contributed by atoms with E-state index in [9.17, 15) is 4.79 Å². The van der Waals surface area contributed by atoms with Gasteiger partial charge >= 0.3 is 0 Å². The van der Waals surface area contributed by atoms with Gasteiger partial charge in [0.25, 0.3) is 5.91 Å². The average molecular weight is 330 g/mol. The summed E-state index contributed by atoms with van der Waals surface area (Å²) in [4.78, 5) is 20.1. The summed E-state index contributed by atoms with van der Waals surface area (Å²) in [7, 11) is 0. The van der Waals surface area contributed by atoms with Crippen LogP contribution in [0.2, 0.25) is 0 Å². The quantitative estimate of drug-likeness (QED) is 0.668. The van der Waals surface area contributed by atoms with Crippen molar-refractivity contribution in [3.05, 3.63) is 66.2 Å². The number of para-hydroxylation sites is 1. The van der Waals surface area contributed by atoms with Crippen LogP contribution in [0.1, 0.15) is 36.5 Å². The van der Waals surface area contributed by atoms with Gasteiger partial charge in [0.1, 0.15) is 0 Å². The Kier molecular flexibility index (Phi) is 4.22. The molecule has 0 spiro atoms. The molecule has 1 amide bonds. The third-order valence-corrected chi connectivity index (χ3v) is 5.08. The fourth-order valence-electron chi connectivity index (χ4n) is 3.66. The van der Waals surface area contributed by atoms with E-state index in [1.807, 2.05) is 65.6 Å². The Bertz CT molecular complexity index is 904. The van der Waals surface area contributed by atoms with E-state index in [4.69, 9.17) is 4.98 Å². The zero-order chi connectivity index (χ0) is 17.2. The molecule has 0 N–H and O–H groups in total. The Morgan fingerprint density at radius 1 is 1.04 bits per heavy atom.